The standard InChI is InChI=1S/C32H33NO5/c1-37-21-30(24-12-10-23(11-13-24)19-22-8-9-22)38-26-16-14-25(15-17-26)32(36)28-20-33(18-4-7-31(34)35)29-6-3-2-5-27(28)29/h2-3,5-6,10-17,20,22,30H,4,7-9,18-19,21H2,1H3,(H,34,35). The van der Waals surface area contributed by atoms with Crippen LogP contribution in [0.25, 0.3) is 10.9 Å². The first-order chi connectivity index (χ1) is 18.5. The quantitative estimate of drug-likeness (QED) is 0.209. The molecule has 0 saturated heterocycles. The van der Waals surface area contributed by atoms with Crippen LogP contribution >= 0.6 is 0 Å². The van der Waals surface area contributed by atoms with Crippen LogP contribution in [0.15, 0.2) is 79.0 Å². The van der Waals surface area contributed by atoms with Crippen LogP contribution in [0.1, 0.15) is 58.8 Å². The summed E-state index contributed by atoms with van der Waals surface area (Å²) in [4.78, 5) is 24.4. The molecule has 6 nitrogen and oxygen atoms in total. The van der Waals surface area contributed by atoms with Gasteiger partial charge in [-0.05, 0) is 73.1 Å². The molecule has 0 spiro atoms. The zero-order valence-corrected chi connectivity index (χ0v) is 21.6. The number of aliphatic carboxylic acids is 1. The Hall–Kier alpha value is -3.90. The van der Waals surface area contributed by atoms with Crippen LogP contribution in [0.3, 0.4) is 0 Å². The van der Waals surface area contributed by atoms with Crippen LogP contribution in [0, 0.1) is 5.92 Å². The highest BCUT2D eigenvalue weighted by molar-refractivity contribution is 6.16. The van der Waals surface area contributed by atoms with Crippen LogP contribution in [-0.2, 0) is 22.5 Å². The molecular formula is C32H33NO5. The first-order valence-electron chi connectivity index (χ1n) is 13.2. The molecule has 6 heteroatoms. The molecule has 1 aliphatic rings. The number of rotatable bonds is 13. The van der Waals surface area contributed by atoms with Gasteiger partial charge in [0.25, 0.3) is 0 Å². The van der Waals surface area contributed by atoms with E-state index in [-0.39, 0.29) is 18.3 Å². The number of nitrogens with zero attached hydrogens (tertiary/aromatic N) is 1. The summed E-state index contributed by atoms with van der Waals surface area (Å²) in [5, 5.41) is 9.84. The molecule has 1 unspecified atom stereocenters. The third kappa shape index (κ3) is 6.14. The maximum Gasteiger partial charge on any atom is 0.303 e. The topological polar surface area (TPSA) is 77.8 Å². The molecule has 0 bridgehead atoms. The summed E-state index contributed by atoms with van der Waals surface area (Å²) in [5.41, 5.74) is 4.51. The molecule has 0 aliphatic heterocycles. The fourth-order valence-corrected chi connectivity index (χ4v) is 4.89. The SMILES string of the molecule is COCC(Oc1ccc(C(=O)c2cn(CCCC(=O)O)c3ccccc23)cc1)c1ccc(CC2CC2)cc1. The van der Waals surface area contributed by atoms with Crippen LogP contribution in [0.5, 0.6) is 5.75 Å². The van der Waals surface area contributed by atoms with Gasteiger partial charge in [-0.15, -0.1) is 0 Å². The summed E-state index contributed by atoms with van der Waals surface area (Å²) in [5.74, 6) is 0.617. The van der Waals surface area contributed by atoms with E-state index < -0.39 is 5.97 Å². The summed E-state index contributed by atoms with van der Waals surface area (Å²) in [6.45, 7) is 0.958. The second-order valence-electron chi connectivity index (χ2n) is 10.1. The van der Waals surface area contributed by atoms with Crippen molar-refractivity contribution >= 4 is 22.7 Å². The second kappa shape index (κ2) is 11.7. The molecule has 0 amide bonds. The number of carboxylic acids is 1. The van der Waals surface area contributed by atoms with E-state index in [1.807, 2.05) is 47.2 Å². The highest BCUT2D eigenvalue weighted by atomic mass is 16.5. The van der Waals surface area contributed by atoms with E-state index in [1.54, 1.807) is 19.2 Å². The molecular weight excluding hydrogens is 478 g/mol. The lowest BCUT2D eigenvalue weighted by atomic mass is 10.0. The number of carbonyl (C=O) groups is 2. The summed E-state index contributed by atoms with van der Waals surface area (Å²) in [6.07, 6.45) is 5.99. The van der Waals surface area contributed by atoms with Crippen molar-refractivity contribution in [2.75, 3.05) is 13.7 Å². The van der Waals surface area contributed by atoms with Crippen LogP contribution < -0.4 is 4.74 Å². The monoisotopic (exact) mass is 511 g/mol. The van der Waals surface area contributed by atoms with Gasteiger partial charge in [0.2, 0.25) is 0 Å². The Bertz CT molecular complexity index is 1400. The highest BCUT2D eigenvalue weighted by Gasteiger charge is 2.22. The van der Waals surface area contributed by atoms with Crippen molar-refractivity contribution in [3.8, 4) is 5.75 Å². The number of methoxy groups -OCH3 is 1. The van der Waals surface area contributed by atoms with Crippen molar-refractivity contribution in [3.05, 3.63) is 101 Å². The van der Waals surface area contributed by atoms with Crippen molar-refractivity contribution in [3.63, 3.8) is 0 Å². The van der Waals surface area contributed by atoms with E-state index in [0.29, 0.717) is 36.4 Å². The summed E-state index contributed by atoms with van der Waals surface area (Å²) < 4.78 is 13.7. The summed E-state index contributed by atoms with van der Waals surface area (Å²) in [6, 6.07) is 23.5. The van der Waals surface area contributed by atoms with Crippen molar-refractivity contribution in [2.24, 2.45) is 5.92 Å². The van der Waals surface area contributed by atoms with E-state index in [1.165, 1.54) is 18.4 Å². The molecule has 0 radical (unpaired) electrons. The number of fused-ring (bicyclic) bond motifs is 1. The van der Waals surface area contributed by atoms with Gasteiger partial charge in [0.15, 0.2) is 5.78 Å². The number of para-hydroxylation sites is 1. The third-order valence-electron chi connectivity index (χ3n) is 7.11. The first kappa shape index (κ1) is 25.7. The minimum absolute atomic E-state index is 0.0792. The number of hydrogen-bond donors (Lipinski definition) is 1. The van der Waals surface area contributed by atoms with E-state index in [2.05, 4.69) is 24.3 Å². The zero-order valence-electron chi connectivity index (χ0n) is 21.6. The van der Waals surface area contributed by atoms with Crippen LogP contribution in [0.4, 0.5) is 0 Å². The van der Waals surface area contributed by atoms with Crippen LogP contribution in [-0.4, -0.2) is 35.1 Å². The smallest absolute Gasteiger partial charge is 0.303 e. The highest BCUT2D eigenvalue weighted by Crippen LogP contribution is 2.33. The number of carboxylic acid groups (broad SMARTS) is 1. The molecule has 1 atom stereocenters. The van der Waals surface area contributed by atoms with Gasteiger partial charge >= 0.3 is 5.97 Å². The lowest BCUT2D eigenvalue weighted by Gasteiger charge is -2.19. The fraction of sp³-hybridized carbons (Fsp3) is 0.312. The average molecular weight is 512 g/mol. The van der Waals surface area contributed by atoms with E-state index >= 15 is 0 Å². The lowest BCUT2D eigenvalue weighted by Crippen LogP contribution is -2.14. The molecule has 5 rings (SSSR count). The van der Waals surface area contributed by atoms with E-state index in [0.717, 1.165) is 28.8 Å². The maximum absolute atomic E-state index is 13.5. The molecule has 1 fully saturated rings. The molecule has 1 saturated carbocycles. The van der Waals surface area contributed by atoms with Gasteiger partial charge < -0.3 is 19.1 Å². The molecule has 1 heterocycles. The Balaban J connectivity index is 1.30. The van der Waals surface area contributed by atoms with Crippen molar-refractivity contribution in [1.29, 1.82) is 0 Å². The Morgan fingerprint density at radius 1 is 1.00 bits per heavy atom. The molecule has 1 aromatic heterocycles. The number of ketones is 1. The Labute approximate surface area is 222 Å². The van der Waals surface area contributed by atoms with Gasteiger partial charge in [0.1, 0.15) is 11.9 Å². The number of hydrogen-bond acceptors (Lipinski definition) is 4. The largest absolute Gasteiger partial charge is 0.483 e. The lowest BCUT2D eigenvalue weighted by molar-refractivity contribution is -0.137. The first-order valence-corrected chi connectivity index (χ1v) is 13.2. The van der Waals surface area contributed by atoms with Gasteiger partial charge in [-0.25, -0.2) is 0 Å². The average Bonchev–Trinajstić information content (AvgIpc) is 3.67. The normalized spacial score (nSPS) is 13.9. The molecule has 1 aliphatic carbocycles. The van der Waals surface area contributed by atoms with Gasteiger partial charge in [0, 0.05) is 48.3 Å². The maximum atomic E-state index is 13.5. The molecule has 196 valence electrons. The number of carbonyl (C=O) groups excluding carboxylic acids is 1. The fourth-order valence-electron chi connectivity index (χ4n) is 4.89. The van der Waals surface area contributed by atoms with Gasteiger partial charge in [-0.1, -0.05) is 42.5 Å². The molecule has 4 aromatic rings. The van der Waals surface area contributed by atoms with Gasteiger partial charge in [-0.2, -0.15) is 0 Å². The molecule has 1 N–H and O–H groups in total. The summed E-state index contributed by atoms with van der Waals surface area (Å²) in [7, 11) is 1.66. The molecule has 38 heavy (non-hydrogen) atoms. The number of aromatic nitrogens is 1. The van der Waals surface area contributed by atoms with Crippen molar-refractivity contribution in [2.45, 2.75) is 44.8 Å². The Morgan fingerprint density at radius 2 is 1.74 bits per heavy atom. The Morgan fingerprint density at radius 3 is 2.42 bits per heavy atom. The third-order valence-corrected chi connectivity index (χ3v) is 7.11. The predicted molar refractivity (Wildman–Crippen MR) is 147 cm³/mol. The van der Waals surface area contributed by atoms with Crippen molar-refractivity contribution in [1.82, 2.24) is 4.57 Å². The second-order valence-corrected chi connectivity index (χ2v) is 10.1. The minimum Gasteiger partial charge on any atom is -0.483 e. The number of ether oxygens (including phenoxy) is 2. The van der Waals surface area contributed by atoms with Crippen molar-refractivity contribution < 1.29 is 24.2 Å². The van der Waals surface area contributed by atoms with Gasteiger partial charge in [0.05, 0.1) is 6.61 Å². The number of benzene rings is 3. The van der Waals surface area contributed by atoms with Gasteiger partial charge in [-0.3, -0.25) is 9.59 Å². The minimum atomic E-state index is -0.821. The number of aryl methyl sites for hydroxylation is 1. The predicted octanol–water partition coefficient (Wildman–Crippen LogP) is 6.46. The molecule has 3 aromatic carbocycles. The van der Waals surface area contributed by atoms with E-state index in [4.69, 9.17) is 14.6 Å². The summed E-state index contributed by atoms with van der Waals surface area (Å²) >= 11 is 0. The Kier molecular flexibility index (Phi) is 7.89. The van der Waals surface area contributed by atoms with E-state index in [9.17, 15) is 9.59 Å². The zero-order chi connectivity index (χ0) is 26.5. The van der Waals surface area contributed by atoms with Crippen LogP contribution in [0.2, 0.25) is 0 Å².